The number of fused-ring (bicyclic) bond motifs is 4. The van der Waals surface area contributed by atoms with Crippen LogP contribution >= 0.6 is 0 Å². The molecule has 2 aliphatic rings. The highest BCUT2D eigenvalue weighted by Crippen LogP contribution is 2.52. The highest BCUT2D eigenvalue weighted by molar-refractivity contribution is 5.94. The van der Waals surface area contributed by atoms with E-state index in [0.29, 0.717) is 5.92 Å². The van der Waals surface area contributed by atoms with Crippen LogP contribution in [0.2, 0.25) is 0 Å². The van der Waals surface area contributed by atoms with Gasteiger partial charge in [0.15, 0.2) is 0 Å². The van der Waals surface area contributed by atoms with Gasteiger partial charge in [0, 0.05) is 12.7 Å². The molecule has 3 heteroatoms. The van der Waals surface area contributed by atoms with Crippen molar-refractivity contribution in [3.8, 4) is 11.4 Å². The van der Waals surface area contributed by atoms with E-state index in [4.69, 9.17) is 0 Å². The third-order valence-corrected chi connectivity index (χ3v) is 8.35. The van der Waals surface area contributed by atoms with Crippen LogP contribution in [0.3, 0.4) is 0 Å². The van der Waals surface area contributed by atoms with Crippen LogP contribution in [0, 0.1) is 6.33 Å². The second kappa shape index (κ2) is 6.97. The van der Waals surface area contributed by atoms with Crippen molar-refractivity contribution in [2.24, 2.45) is 0 Å². The van der Waals surface area contributed by atoms with E-state index in [-0.39, 0.29) is 10.8 Å². The summed E-state index contributed by atoms with van der Waals surface area (Å²) < 4.78 is 4.52. The molecule has 0 saturated heterocycles. The Morgan fingerprint density at radius 1 is 0.882 bits per heavy atom. The van der Waals surface area contributed by atoms with E-state index < -0.39 is 0 Å². The average Bonchev–Trinajstić information content (AvgIpc) is 3.20. The first-order valence-corrected chi connectivity index (χ1v) is 12.6. The summed E-state index contributed by atoms with van der Waals surface area (Å²) in [6.45, 7) is 14.1. The molecule has 1 aliphatic heterocycles. The van der Waals surface area contributed by atoms with Crippen LogP contribution in [0.4, 0.5) is 11.4 Å². The molecule has 0 atom stereocenters. The molecule has 0 unspecified atom stereocenters. The number of rotatable bonds is 2. The fourth-order valence-electron chi connectivity index (χ4n) is 6.14. The van der Waals surface area contributed by atoms with Crippen molar-refractivity contribution >= 4 is 22.4 Å². The maximum Gasteiger partial charge on any atom is 0.269 e. The highest BCUT2D eigenvalue weighted by Gasteiger charge is 2.41. The number of aromatic nitrogens is 2. The predicted molar refractivity (Wildman–Crippen MR) is 141 cm³/mol. The largest absolute Gasteiger partial charge is 0.350 e. The number of hydrogen-bond donors (Lipinski definition) is 0. The average molecular weight is 450 g/mol. The van der Waals surface area contributed by atoms with Crippen LogP contribution in [-0.2, 0) is 10.8 Å². The Balaban J connectivity index is 1.64. The maximum absolute atomic E-state index is 3.73. The summed E-state index contributed by atoms with van der Waals surface area (Å²) in [4.78, 5) is 2.43. The lowest BCUT2D eigenvalue weighted by atomic mass is 9.62. The Morgan fingerprint density at radius 2 is 1.59 bits per heavy atom. The van der Waals surface area contributed by atoms with Gasteiger partial charge in [-0.1, -0.05) is 71.9 Å². The second-order valence-corrected chi connectivity index (χ2v) is 11.8. The quantitative estimate of drug-likeness (QED) is 0.232. The summed E-state index contributed by atoms with van der Waals surface area (Å²) in [6, 6.07) is 20.3. The lowest BCUT2D eigenvalue weighted by Gasteiger charge is -2.45. The number of para-hydroxylation sites is 1. The molecular formula is C31H35N3. The van der Waals surface area contributed by atoms with Crippen molar-refractivity contribution in [1.82, 2.24) is 4.57 Å². The topological polar surface area (TPSA) is 12.0 Å². The molecule has 0 fully saturated rings. The molecule has 1 aromatic heterocycles. The monoisotopic (exact) mass is 449 g/mol. The molecule has 2 heterocycles. The van der Waals surface area contributed by atoms with E-state index in [1.807, 2.05) is 0 Å². The van der Waals surface area contributed by atoms with E-state index in [9.17, 15) is 0 Å². The Bertz CT molecular complexity index is 1430. The minimum Gasteiger partial charge on any atom is -0.350 e. The Labute approximate surface area is 203 Å². The first-order chi connectivity index (χ1) is 16.1. The molecule has 0 amide bonds. The highest BCUT2D eigenvalue weighted by atomic mass is 15.2. The number of benzene rings is 3. The van der Waals surface area contributed by atoms with E-state index >= 15 is 0 Å². The van der Waals surface area contributed by atoms with Gasteiger partial charge in [0.05, 0.1) is 22.6 Å². The van der Waals surface area contributed by atoms with Crippen molar-refractivity contribution in [2.45, 2.75) is 71.1 Å². The smallest absolute Gasteiger partial charge is 0.269 e. The minimum atomic E-state index is 0.131. The summed E-state index contributed by atoms with van der Waals surface area (Å²) >= 11 is 0. The van der Waals surface area contributed by atoms with Crippen LogP contribution in [-0.4, -0.2) is 11.6 Å². The Hall–Kier alpha value is -3.07. The van der Waals surface area contributed by atoms with E-state index in [1.165, 1.54) is 57.6 Å². The number of nitrogens with zero attached hydrogens (tertiary/aromatic N) is 3. The third kappa shape index (κ3) is 2.85. The molecule has 3 aromatic carbocycles. The Morgan fingerprint density at radius 3 is 2.29 bits per heavy atom. The molecule has 174 valence electrons. The standard InChI is InChI=1S/C31H35N3/c1-20(2)21-11-13-22(14-12-21)33-19-34-26-16-15-23-27(31(5,6)18-17-30(23,3)4)29(26)32(7)24-9-8-10-25(33)28(24)34/h8-16,20H,17-18H2,1-7H3. The van der Waals surface area contributed by atoms with Crippen LogP contribution in [0.1, 0.15) is 77.0 Å². The molecule has 0 bridgehead atoms. The minimum absolute atomic E-state index is 0.131. The molecule has 34 heavy (non-hydrogen) atoms. The van der Waals surface area contributed by atoms with Crippen LogP contribution in [0.5, 0.6) is 0 Å². The van der Waals surface area contributed by atoms with E-state index in [2.05, 4.69) is 124 Å². The van der Waals surface area contributed by atoms with Crippen molar-refractivity contribution in [1.29, 1.82) is 0 Å². The summed E-state index contributed by atoms with van der Waals surface area (Å²) in [5.41, 5.74) is 12.0. The van der Waals surface area contributed by atoms with E-state index in [0.717, 1.165) is 5.69 Å². The van der Waals surface area contributed by atoms with Gasteiger partial charge in [0.2, 0.25) is 0 Å². The zero-order chi connectivity index (χ0) is 24.0. The van der Waals surface area contributed by atoms with Crippen LogP contribution in [0.25, 0.3) is 22.4 Å². The Kier molecular flexibility index (Phi) is 4.40. The molecule has 0 radical (unpaired) electrons. The third-order valence-electron chi connectivity index (χ3n) is 8.35. The van der Waals surface area contributed by atoms with Gasteiger partial charge in [-0.05, 0) is 70.5 Å². The molecule has 6 rings (SSSR count). The molecule has 4 aromatic rings. The van der Waals surface area contributed by atoms with Gasteiger partial charge in [-0.3, -0.25) is 9.13 Å². The second-order valence-electron chi connectivity index (χ2n) is 11.8. The van der Waals surface area contributed by atoms with Crippen molar-refractivity contribution in [3.05, 3.63) is 77.6 Å². The molecule has 0 spiro atoms. The first kappa shape index (κ1) is 21.5. The SMILES string of the molecule is CC(C)c1ccc(-n2[c-][n+]3c4c(cccc42)N(C)c2c-3ccc3c2C(C)(C)CCC3(C)C)cc1. The van der Waals surface area contributed by atoms with Gasteiger partial charge >= 0.3 is 0 Å². The lowest BCUT2D eigenvalue weighted by Crippen LogP contribution is -2.41. The number of anilines is 2. The normalized spacial score (nSPS) is 17.7. The van der Waals surface area contributed by atoms with Gasteiger partial charge in [-0.15, -0.1) is 0 Å². The van der Waals surface area contributed by atoms with Crippen molar-refractivity contribution < 1.29 is 4.57 Å². The molecule has 3 nitrogen and oxygen atoms in total. The van der Waals surface area contributed by atoms with Crippen LogP contribution in [0.15, 0.2) is 54.6 Å². The molecule has 1 aliphatic carbocycles. The van der Waals surface area contributed by atoms with Gasteiger partial charge in [0.25, 0.3) is 6.33 Å². The lowest BCUT2D eigenvalue weighted by molar-refractivity contribution is -0.572. The number of imidazole rings is 1. The molecule has 0 N–H and O–H groups in total. The zero-order valence-electron chi connectivity index (χ0n) is 21.5. The fourth-order valence-corrected chi connectivity index (χ4v) is 6.14. The summed E-state index contributed by atoms with van der Waals surface area (Å²) in [5.74, 6) is 0.525. The van der Waals surface area contributed by atoms with Gasteiger partial charge < -0.3 is 4.90 Å². The summed E-state index contributed by atoms with van der Waals surface area (Å²) in [5, 5.41) is 0. The molecule has 0 saturated carbocycles. The maximum atomic E-state index is 3.73. The van der Waals surface area contributed by atoms with Gasteiger partial charge in [0.1, 0.15) is 5.52 Å². The van der Waals surface area contributed by atoms with Gasteiger partial charge in [-0.25, -0.2) is 0 Å². The van der Waals surface area contributed by atoms with Crippen LogP contribution < -0.4 is 9.47 Å². The van der Waals surface area contributed by atoms with Crippen molar-refractivity contribution in [2.75, 3.05) is 11.9 Å². The summed E-state index contributed by atoms with van der Waals surface area (Å²) in [6.07, 6.45) is 6.16. The number of hydrogen-bond acceptors (Lipinski definition) is 1. The first-order valence-electron chi connectivity index (χ1n) is 12.6. The van der Waals surface area contributed by atoms with E-state index in [1.54, 1.807) is 0 Å². The predicted octanol–water partition coefficient (Wildman–Crippen LogP) is 7.26. The van der Waals surface area contributed by atoms with Gasteiger partial charge in [-0.2, -0.15) is 0 Å². The molecular weight excluding hydrogens is 414 g/mol. The fraction of sp³-hybridized carbons (Fsp3) is 0.387. The summed E-state index contributed by atoms with van der Waals surface area (Å²) in [7, 11) is 2.24. The zero-order valence-corrected chi connectivity index (χ0v) is 21.5. The van der Waals surface area contributed by atoms with Crippen molar-refractivity contribution in [3.63, 3.8) is 0 Å².